The van der Waals surface area contributed by atoms with Gasteiger partial charge in [0, 0.05) is 6.42 Å². The van der Waals surface area contributed by atoms with Crippen LogP contribution in [0.15, 0.2) is 24.3 Å². The van der Waals surface area contributed by atoms with Crippen LogP contribution >= 0.6 is 0 Å². The summed E-state index contributed by atoms with van der Waals surface area (Å²) in [6.07, 6.45) is 40.7. The van der Waals surface area contributed by atoms with Crippen molar-refractivity contribution in [2.75, 3.05) is 13.2 Å². The summed E-state index contributed by atoms with van der Waals surface area (Å²) in [6.45, 7) is 3.78. The van der Waals surface area contributed by atoms with Crippen LogP contribution in [-0.2, 0) is 14.3 Å². The highest BCUT2D eigenvalue weighted by Crippen LogP contribution is 2.23. The van der Waals surface area contributed by atoms with E-state index in [1.807, 2.05) is 6.08 Å². The molecule has 7 unspecified atom stereocenters. The van der Waals surface area contributed by atoms with E-state index in [9.17, 15) is 30.3 Å². The minimum atomic E-state index is -1.57. The van der Waals surface area contributed by atoms with E-state index in [0.29, 0.717) is 6.42 Å². The summed E-state index contributed by atoms with van der Waals surface area (Å²) in [5, 5.41) is 54.3. The Labute approximate surface area is 356 Å². The highest BCUT2D eigenvalue weighted by atomic mass is 16.7. The third kappa shape index (κ3) is 29.8. The number of rotatable bonds is 41. The number of allylic oxidation sites excluding steroid dienone is 3. The van der Waals surface area contributed by atoms with E-state index in [1.54, 1.807) is 6.08 Å². The molecule has 0 aromatic heterocycles. The molecule has 9 nitrogen and oxygen atoms in total. The smallest absolute Gasteiger partial charge is 0.220 e. The van der Waals surface area contributed by atoms with E-state index < -0.39 is 49.5 Å². The van der Waals surface area contributed by atoms with E-state index in [0.717, 1.165) is 57.8 Å². The fourth-order valence-corrected chi connectivity index (χ4v) is 7.80. The third-order valence-corrected chi connectivity index (χ3v) is 11.8. The summed E-state index contributed by atoms with van der Waals surface area (Å²) < 4.78 is 11.2. The molecule has 0 aromatic carbocycles. The lowest BCUT2D eigenvalue weighted by Crippen LogP contribution is -2.60. The van der Waals surface area contributed by atoms with Crippen molar-refractivity contribution in [1.82, 2.24) is 5.32 Å². The predicted octanol–water partition coefficient (Wildman–Crippen LogP) is 10.7. The lowest BCUT2D eigenvalue weighted by Gasteiger charge is -2.40. The molecule has 58 heavy (non-hydrogen) atoms. The number of nitrogens with one attached hydrogen (secondary N) is 1. The number of hydrogen-bond acceptors (Lipinski definition) is 8. The first-order valence-electron chi connectivity index (χ1n) is 24.6. The summed E-state index contributed by atoms with van der Waals surface area (Å²) in [5.41, 5.74) is 0. The molecular formula is C49H93NO8. The van der Waals surface area contributed by atoms with Gasteiger partial charge in [0.2, 0.25) is 5.91 Å². The third-order valence-electron chi connectivity index (χ3n) is 11.8. The van der Waals surface area contributed by atoms with Crippen LogP contribution in [0.4, 0.5) is 0 Å². The molecule has 0 radical (unpaired) electrons. The second-order valence-corrected chi connectivity index (χ2v) is 17.3. The number of ether oxygens (including phenoxy) is 2. The standard InChI is InChI=1S/C49H93NO8/c1-3-5-7-9-11-13-15-17-19-21-23-25-27-29-31-33-35-37-39-45(53)50-42(41-57-49-48(56)47(55)46(54)44(40-51)58-49)43(52)38-36-34-32-30-28-26-24-22-20-18-16-14-12-10-8-6-4-2/h23,25,36,38,42-44,46-49,51-52,54-56H,3-22,24,26-35,37,39-41H2,1-2H3,(H,50,53)/b25-23-,38-36+. The fraction of sp³-hybridized carbons (Fsp3) is 0.898. The van der Waals surface area contributed by atoms with Gasteiger partial charge in [0.05, 0.1) is 25.4 Å². The van der Waals surface area contributed by atoms with Crippen molar-refractivity contribution in [1.29, 1.82) is 0 Å². The Morgan fingerprint density at radius 3 is 1.40 bits per heavy atom. The van der Waals surface area contributed by atoms with E-state index in [1.165, 1.54) is 148 Å². The molecule has 0 saturated carbocycles. The van der Waals surface area contributed by atoms with Crippen LogP contribution in [-0.4, -0.2) is 87.5 Å². The summed E-state index contributed by atoms with van der Waals surface area (Å²) >= 11 is 0. The Balaban J connectivity index is 2.33. The molecule has 9 heteroatoms. The Hall–Kier alpha value is -1.33. The van der Waals surface area contributed by atoms with Gasteiger partial charge in [0.1, 0.15) is 24.4 Å². The number of unbranched alkanes of at least 4 members (excludes halogenated alkanes) is 29. The maximum absolute atomic E-state index is 13.0. The minimum Gasteiger partial charge on any atom is -0.394 e. The van der Waals surface area contributed by atoms with E-state index in [4.69, 9.17) is 9.47 Å². The molecule has 1 amide bonds. The van der Waals surface area contributed by atoms with Gasteiger partial charge in [0.25, 0.3) is 0 Å². The van der Waals surface area contributed by atoms with Crippen molar-refractivity contribution in [2.24, 2.45) is 0 Å². The number of amides is 1. The van der Waals surface area contributed by atoms with Gasteiger partial charge in [-0.3, -0.25) is 4.79 Å². The molecule has 7 atom stereocenters. The Morgan fingerprint density at radius 2 is 0.966 bits per heavy atom. The molecule has 6 N–H and O–H groups in total. The first-order valence-corrected chi connectivity index (χ1v) is 24.6. The molecule has 1 aliphatic heterocycles. The van der Waals surface area contributed by atoms with Crippen LogP contribution in [0.25, 0.3) is 0 Å². The van der Waals surface area contributed by atoms with Crippen molar-refractivity contribution in [3.63, 3.8) is 0 Å². The number of aliphatic hydroxyl groups is 5. The number of carbonyl (C=O) groups excluding carboxylic acids is 1. The maximum atomic E-state index is 13.0. The molecule has 1 rings (SSSR count). The Bertz CT molecular complexity index is 961. The summed E-state index contributed by atoms with van der Waals surface area (Å²) in [4.78, 5) is 13.0. The first kappa shape index (κ1) is 54.7. The van der Waals surface area contributed by atoms with Crippen LogP contribution in [0, 0.1) is 0 Å². The number of hydrogen-bond donors (Lipinski definition) is 6. The summed E-state index contributed by atoms with van der Waals surface area (Å²) in [6, 6.07) is -0.806. The van der Waals surface area contributed by atoms with Gasteiger partial charge in [-0.05, 0) is 44.9 Å². The molecule has 0 aromatic rings. The monoisotopic (exact) mass is 824 g/mol. The summed E-state index contributed by atoms with van der Waals surface area (Å²) in [7, 11) is 0. The molecule has 0 aliphatic carbocycles. The summed E-state index contributed by atoms with van der Waals surface area (Å²) in [5.74, 6) is -0.184. The van der Waals surface area contributed by atoms with Gasteiger partial charge in [-0.15, -0.1) is 0 Å². The quantitative estimate of drug-likeness (QED) is 0.0264. The molecule has 0 spiro atoms. The van der Waals surface area contributed by atoms with Gasteiger partial charge < -0.3 is 40.3 Å². The Kier molecular flexibility index (Phi) is 37.5. The van der Waals surface area contributed by atoms with Crippen molar-refractivity contribution in [3.8, 4) is 0 Å². The second-order valence-electron chi connectivity index (χ2n) is 17.3. The minimum absolute atomic E-state index is 0.184. The molecule has 0 bridgehead atoms. The van der Waals surface area contributed by atoms with Crippen molar-refractivity contribution < 1.29 is 39.8 Å². The van der Waals surface area contributed by atoms with Crippen molar-refractivity contribution in [2.45, 2.75) is 269 Å². The zero-order valence-corrected chi connectivity index (χ0v) is 37.6. The molecule has 1 saturated heterocycles. The highest BCUT2D eigenvalue weighted by Gasteiger charge is 2.44. The maximum Gasteiger partial charge on any atom is 0.220 e. The topological polar surface area (TPSA) is 149 Å². The van der Waals surface area contributed by atoms with Crippen LogP contribution < -0.4 is 5.32 Å². The predicted molar refractivity (Wildman–Crippen MR) is 240 cm³/mol. The van der Waals surface area contributed by atoms with E-state index in [2.05, 4.69) is 31.3 Å². The van der Waals surface area contributed by atoms with Gasteiger partial charge in [0.15, 0.2) is 6.29 Å². The molecule has 342 valence electrons. The van der Waals surface area contributed by atoms with Crippen molar-refractivity contribution >= 4 is 5.91 Å². The number of carbonyl (C=O) groups is 1. The van der Waals surface area contributed by atoms with E-state index >= 15 is 0 Å². The normalized spacial score (nSPS) is 21.0. The zero-order valence-electron chi connectivity index (χ0n) is 37.6. The fourth-order valence-electron chi connectivity index (χ4n) is 7.80. The lowest BCUT2D eigenvalue weighted by molar-refractivity contribution is -0.302. The first-order chi connectivity index (χ1) is 28.3. The lowest BCUT2D eigenvalue weighted by atomic mass is 9.99. The highest BCUT2D eigenvalue weighted by molar-refractivity contribution is 5.76. The SMILES string of the molecule is CCCCCCCCCCC/C=C\CCCCCCCC(=O)NC(COC1OC(CO)C(O)C(O)C1O)C(O)/C=C/CCCCCCCCCCCCCCCCC. The van der Waals surface area contributed by atoms with Gasteiger partial charge in [-0.1, -0.05) is 199 Å². The van der Waals surface area contributed by atoms with Crippen LogP contribution in [0.2, 0.25) is 0 Å². The van der Waals surface area contributed by atoms with E-state index in [-0.39, 0.29) is 12.5 Å². The van der Waals surface area contributed by atoms with Crippen LogP contribution in [0.1, 0.15) is 226 Å². The largest absolute Gasteiger partial charge is 0.394 e. The Morgan fingerprint density at radius 1 is 0.569 bits per heavy atom. The number of aliphatic hydroxyl groups excluding tert-OH is 5. The average molecular weight is 824 g/mol. The second kappa shape index (κ2) is 39.8. The zero-order chi connectivity index (χ0) is 42.3. The van der Waals surface area contributed by atoms with Crippen LogP contribution in [0.3, 0.4) is 0 Å². The van der Waals surface area contributed by atoms with Crippen LogP contribution in [0.5, 0.6) is 0 Å². The molecule has 1 fully saturated rings. The molecule has 1 heterocycles. The van der Waals surface area contributed by atoms with Crippen molar-refractivity contribution in [3.05, 3.63) is 24.3 Å². The molecule has 1 aliphatic rings. The van der Waals surface area contributed by atoms with Gasteiger partial charge >= 0.3 is 0 Å². The van der Waals surface area contributed by atoms with Gasteiger partial charge in [-0.2, -0.15) is 0 Å². The van der Waals surface area contributed by atoms with Gasteiger partial charge in [-0.25, -0.2) is 0 Å². The molecular weight excluding hydrogens is 731 g/mol. The average Bonchev–Trinajstić information content (AvgIpc) is 3.22.